The molecule has 2 bridgehead atoms. The van der Waals surface area contributed by atoms with Crippen LogP contribution in [0.25, 0.3) is 0 Å². The molecule has 0 unspecified atom stereocenters. The van der Waals surface area contributed by atoms with Crippen LogP contribution < -0.4 is 16.4 Å². The number of nitrogens with two attached hydrogens (primary N) is 1. The van der Waals surface area contributed by atoms with Crippen LogP contribution in [-0.4, -0.2) is 18.5 Å². The van der Waals surface area contributed by atoms with Crippen molar-refractivity contribution < 1.29 is 0 Å². The molecule has 6 N–H and O–H groups in total. The van der Waals surface area contributed by atoms with Crippen LogP contribution in [0.5, 0.6) is 0 Å². The third-order valence-corrected chi connectivity index (χ3v) is 9.31. The number of hydrogen-bond acceptors (Lipinski definition) is 2. The van der Waals surface area contributed by atoms with E-state index in [2.05, 4.69) is 52.2 Å². The maximum atomic E-state index is 7.15. The van der Waals surface area contributed by atoms with Crippen LogP contribution in [0, 0.1) is 51.2 Å². The lowest BCUT2D eigenvalue weighted by molar-refractivity contribution is -0.0692. The van der Waals surface area contributed by atoms with Gasteiger partial charge in [-0.15, -0.1) is 12.4 Å². The van der Waals surface area contributed by atoms with E-state index in [0.717, 1.165) is 49.0 Å². The molecule has 3 aliphatic rings. The first-order valence-corrected chi connectivity index (χ1v) is 12.9. The second-order valence-corrected chi connectivity index (χ2v) is 11.8. The molecule has 0 aromatic carbocycles. The van der Waals surface area contributed by atoms with Gasteiger partial charge in [0.05, 0.1) is 0 Å². The summed E-state index contributed by atoms with van der Waals surface area (Å²) in [6.45, 7) is 15.8. The fraction of sp³-hybridized carbons (Fsp3) is 0.923. The smallest absolute Gasteiger partial charge is 0.195 e. The van der Waals surface area contributed by atoms with Gasteiger partial charge in [-0.1, -0.05) is 67.2 Å². The summed E-state index contributed by atoms with van der Waals surface area (Å²) in [5.41, 5.74) is 6.25. The molecule has 0 heterocycles. The van der Waals surface area contributed by atoms with Crippen molar-refractivity contribution in [3.8, 4) is 0 Å². The van der Waals surface area contributed by atoms with Gasteiger partial charge in [-0.2, -0.15) is 0 Å². The molecular formula is C26H52ClN5. The van der Waals surface area contributed by atoms with E-state index in [1.807, 2.05) is 0 Å². The van der Waals surface area contributed by atoms with Crippen LogP contribution in [0.4, 0.5) is 0 Å². The molecule has 0 aromatic rings. The largest absolute Gasteiger partial charge is 0.370 e. The summed E-state index contributed by atoms with van der Waals surface area (Å²) in [7, 11) is 0. The highest BCUT2D eigenvalue weighted by Gasteiger charge is 2.50. The summed E-state index contributed by atoms with van der Waals surface area (Å²) in [4.78, 5) is 0. The zero-order valence-electron chi connectivity index (χ0n) is 21.7. The minimum absolute atomic E-state index is 0. The average molecular weight is 470 g/mol. The summed E-state index contributed by atoms with van der Waals surface area (Å²) < 4.78 is 0. The van der Waals surface area contributed by atoms with E-state index in [1.54, 1.807) is 0 Å². The second-order valence-electron chi connectivity index (χ2n) is 11.8. The van der Waals surface area contributed by atoms with Gasteiger partial charge in [0.25, 0.3) is 0 Å². The summed E-state index contributed by atoms with van der Waals surface area (Å²) in [5.74, 6) is 4.80. The van der Waals surface area contributed by atoms with Crippen molar-refractivity contribution in [2.24, 2.45) is 46.2 Å². The zero-order valence-corrected chi connectivity index (χ0v) is 22.5. The lowest BCUT2D eigenvalue weighted by Gasteiger charge is -2.57. The Hall–Kier alpha value is -0.970. The van der Waals surface area contributed by atoms with Gasteiger partial charge >= 0.3 is 0 Å². The first kappa shape index (κ1) is 29.1. The normalized spacial score (nSPS) is 35.4. The summed E-state index contributed by atoms with van der Waals surface area (Å²) in [6.07, 6.45) is 14.1. The number of guanidine groups is 2. The first-order chi connectivity index (χ1) is 14.5. The van der Waals surface area contributed by atoms with Crippen molar-refractivity contribution in [3.63, 3.8) is 0 Å². The van der Waals surface area contributed by atoms with Crippen molar-refractivity contribution in [1.29, 1.82) is 10.8 Å². The number of fused-ring (bicyclic) bond motifs is 3. The molecule has 0 aromatic heterocycles. The van der Waals surface area contributed by atoms with Crippen molar-refractivity contribution in [3.05, 3.63) is 0 Å². The van der Waals surface area contributed by atoms with Gasteiger partial charge in [-0.25, -0.2) is 0 Å². The van der Waals surface area contributed by atoms with E-state index in [1.165, 1.54) is 51.4 Å². The monoisotopic (exact) mass is 469 g/mol. The molecule has 5 nitrogen and oxygen atoms in total. The van der Waals surface area contributed by atoms with Crippen LogP contribution >= 0.6 is 12.4 Å². The molecule has 3 aliphatic carbocycles. The van der Waals surface area contributed by atoms with E-state index in [9.17, 15) is 0 Å². The van der Waals surface area contributed by atoms with Gasteiger partial charge in [0.15, 0.2) is 11.9 Å². The minimum Gasteiger partial charge on any atom is -0.370 e. The van der Waals surface area contributed by atoms with Gasteiger partial charge in [0.1, 0.15) is 0 Å². The highest BCUT2D eigenvalue weighted by atomic mass is 35.5. The molecule has 6 atom stereocenters. The Kier molecular flexibility index (Phi) is 11.3. The number of halogens is 1. The minimum atomic E-state index is -0.209. The zero-order chi connectivity index (χ0) is 23.2. The Morgan fingerprint density at radius 2 is 1.62 bits per heavy atom. The lowest BCUT2D eigenvalue weighted by Crippen LogP contribution is -2.48. The van der Waals surface area contributed by atoms with Crippen molar-refractivity contribution in [2.75, 3.05) is 6.54 Å². The Balaban J connectivity index is 0.000000370. The standard InChI is InChI=1S/C20H36.C6H15N5.ClH/c1-14-7-6-11-20(5)12-10-17-15(2)8-9-16(13-18(14)20)19(17,3)4;1-2-3-4-10-6(9)11-5(7)8;/h14-18H,6-13H2,1-5H3;2-4H2,1H3,(H6,7,8,9,10,11);1H/t14-,15-,16+,17+,18-,20+;;/m1../s1. The Bertz CT molecular complexity index is 607. The molecule has 6 heteroatoms. The van der Waals surface area contributed by atoms with E-state index in [0.29, 0.717) is 10.8 Å². The number of nitrogens with one attached hydrogen (secondary N) is 4. The third kappa shape index (κ3) is 7.27. The average Bonchev–Trinajstić information content (AvgIpc) is 2.66. The maximum absolute atomic E-state index is 7.15. The lowest BCUT2D eigenvalue weighted by atomic mass is 9.48. The van der Waals surface area contributed by atoms with Crippen LogP contribution in [-0.2, 0) is 0 Å². The maximum Gasteiger partial charge on any atom is 0.195 e. The molecular weight excluding hydrogens is 418 g/mol. The Morgan fingerprint density at radius 1 is 0.969 bits per heavy atom. The highest BCUT2D eigenvalue weighted by Crippen LogP contribution is 2.60. The molecule has 0 amide bonds. The molecule has 0 aliphatic heterocycles. The van der Waals surface area contributed by atoms with Gasteiger partial charge in [-0.05, 0) is 78.9 Å². The van der Waals surface area contributed by atoms with Gasteiger partial charge < -0.3 is 11.1 Å². The van der Waals surface area contributed by atoms with Crippen LogP contribution in [0.2, 0.25) is 0 Å². The topological polar surface area (TPSA) is 97.8 Å². The fourth-order valence-electron chi connectivity index (χ4n) is 7.24. The van der Waals surface area contributed by atoms with E-state index in [-0.39, 0.29) is 24.3 Å². The molecule has 3 saturated carbocycles. The molecule has 0 spiro atoms. The molecule has 0 radical (unpaired) electrons. The van der Waals surface area contributed by atoms with Gasteiger partial charge in [0.2, 0.25) is 0 Å². The Morgan fingerprint density at radius 3 is 2.25 bits per heavy atom. The SMILES string of the molecule is CCCCNC(=N)NC(=N)N.C[C@@H]1CCC[C@@]2(C)CC[C@H]3[C@H](C)CC[C@@H](C[C@H]12)C3(C)C.Cl. The van der Waals surface area contributed by atoms with Crippen LogP contribution in [0.3, 0.4) is 0 Å². The summed E-state index contributed by atoms with van der Waals surface area (Å²) in [5, 5.41) is 19.0. The van der Waals surface area contributed by atoms with Crippen molar-refractivity contribution in [2.45, 2.75) is 106 Å². The predicted molar refractivity (Wildman–Crippen MR) is 141 cm³/mol. The van der Waals surface area contributed by atoms with Gasteiger partial charge in [0, 0.05) is 6.54 Å². The van der Waals surface area contributed by atoms with Gasteiger partial charge in [-0.3, -0.25) is 16.1 Å². The molecule has 0 saturated heterocycles. The predicted octanol–water partition coefficient (Wildman–Crippen LogP) is 6.52. The number of rotatable bonds is 3. The van der Waals surface area contributed by atoms with Crippen molar-refractivity contribution >= 4 is 24.3 Å². The third-order valence-electron chi connectivity index (χ3n) is 9.31. The van der Waals surface area contributed by atoms with Crippen molar-refractivity contribution in [1.82, 2.24) is 10.6 Å². The van der Waals surface area contributed by atoms with Crippen LogP contribution in [0.1, 0.15) is 106 Å². The highest BCUT2D eigenvalue weighted by molar-refractivity contribution is 5.94. The Labute approximate surface area is 204 Å². The van der Waals surface area contributed by atoms with E-state index in [4.69, 9.17) is 16.6 Å². The summed E-state index contributed by atoms with van der Waals surface area (Å²) >= 11 is 0. The fourth-order valence-corrected chi connectivity index (χ4v) is 7.24. The van der Waals surface area contributed by atoms with E-state index < -0.39 is 0 Å². The molecule has 32 heavy (non-hydrogen) atoms. The second kappa shape index (κ2) is 12.5. The summed E-state index contributed by atoms with van der Waals surface area (Å²) in [6, 6.07) is 0. The molecule has 188 valence electrons. The molecule has 3 rings (SSSR count). The number of unbranched alkanes of at least 4 members (excludes halogenated alkanes) is 1. The number of hydrogen-bond donors (Lipinski definition) is 5. The molecule has 3 fully saturated rings. The van der Waals surface area contributed by atoms with Crippen LogP contribution in [0.15, 0.2) is 0 Å². The first-order valence-electron chi connectivity index (χ1n) is 12.9. The quantitative estimate of drug-likeness (QED) is 0.185. The van der Waals surface area contributed by atoms with E-state index >= 15 is 0 Å².